The minimum absolute atomic E-state index is 0.0304. The van der Waals surface area contributed by atoms with Gasteiger partial charge >= 0.3 is 23.9 Å². The van der Waals surface area contributed by atoms with E-state index in [-0.39, 0.29) is 30.9 Å². The fraction of sp³-hybridized carbons (Fsp3) is 0.379. The average molecular weight is 971 g/mol. The second-order valence-electron chi connectivity index (χ2n) is 18.7. The van der Waals surface area contributed by atoms with Crippen LogP contribution in [-0.4, -0.2) is 95.5 Å². The first-order chi connectivity index (χ1) is 33.8. The number of hydrogen-bond donors (Lipinski definition) is 2. The van der Waals surface area contributed by atoms with E-state index in [9.17, 15) is 29.4 Å². The zero-order valence-electron chi connectivity index (χ0n) is 41.8. The summed E-state index contributed by atoms with van der Waals surface area (Å²) in [5.41, 5.74) is 6.75. The highest BCUT2D eigenvalue weighted by molar-refractivity contribution is 5.96. The Morgan fingerprint density at radius 2 is 1.44 bits per heavy atom. The summed E-state index contributed by atoms with van der Waals surface area (Å²) in [7, 11) is 0. The van der Waals surface area contributed by atoms with Gasteiger partial charge in [-0.2, -0.15) is 0 Å². The molecule has 2 N–H and O–H groups in total. The second kappa shape index (κ2) is 24.6. The van der Waals surface area contributed by atoms with E-state index in [1.165, 1.54) is 0 Å². The van der Waals surface area contributed by atoms with E-state index in [0.29, 0.717) is 53.5 Å². The van der Waals surface area contributed by atoms with Crippen molar-refractivity contribution in [3.63, 3.8) is 0 Å². The molecular formula is C58H66O13. The number of fused-ring (bicyclic) bond motifs is 2. The molecular weight excluding hydrogens is 905 g/mol. The third-order valence-electron chi connectivity index (χ3n) is 11.8. The number of carbonyl (C=O) groups is 4. The maximum Gasteiger partial charge on any atom is 0.339 e. The monoisotopic (exact) mass is 970 g/mol. The molecule has 4 aromatic rings. The van der Waals surface area contributed by atoms with Gasteiger partial charge in [0.15, 0.2) is 11.6 Å². The van der Waals surface area contributed by atoms with E-state index in [4.69, 9.17) is 33.2 Å². The van der Waals surface area contributed by atoms with Gasteiger partial charge in [0.2, 0.25) is 0 Å². The Kier molecular flexibility index (Phi) is 18.6. The Morgan fingerprint density at radius 3 is 2.11 bits per heavy atom. The number of ether oxygens (including phenoxy) is 7. The summed E-state index contributed by atoms with van der Waals surface area (Å²) in [5.74, 6) is -3.98. The van der Waals surface area contributed by atoms with Gasteiger partial charge in [0.25, 0.3) is 0 Å². The number of aliphatic hydroxyl groups excluding tert-OH is 1. The molecule has 13 heteroatoms. The van der Waals surface area contributed by atoms with Crippen LogP contribution in [0.3, 0.4) is 0 Å². The first kappa shape index (κ1) is 53.9. The molecule has 376 valence electrons. The number of aliphatic hydroxyl groups is 1. The number of cyclic esters (lactones) is 1. The summed E-state index contributed by atoms with van der Waals surface area (Å²) in [6.45, 7) is 15.1. The van der Waals surface area contributed by atoms with E-state index in [2.05, 4.69) is 0 Å². The van der Waals surface area contributed by atoms with Crippen molar-refractivity contribution in [1.29, 1.82) is 0 Å². The van der Waals surface area contributed by atoms with Gasteiger partial charge in [0.1, 0.15) is 24.4 Å². The van der Waals surface area contributed by atoms with Crippen molar-refractivity contribution in [3.05, 3.63) is 177 Å². The van der Waals surface area contributed by atoms with Crippen LogP contribution in [0.1, 0.15) is 128 Å². The van der Waals surface area contributed by atoms with Crippen LogP contribution in [0, 0.1) is 27.7 Å². The molecule has 3 heterocycles. The van der Waals surface area contributed by atoms with Crippen LogP contribution in [0.2, 0.25) is 0 Å². The van der Waals surface area contributed by atoms with Gasteiger partial charge in [-0.1, -0.05) is 108 Å². The number of aromatic carboxylic acids is 1. The standard InChI is InChI=1S/C29H34O7.C29H32O6/c1-19-17-20(2)25(27(31)32)22(18-19)13-10-15-24-26(36-29(3,4)35-24)23(14-8-9-16-30)34-28(33)21-11-6-5-7-12-21;1-19-17-20(2)25-22(18-19)13-10-15-24-26(35-29(3,4)34-24)23(14-8-9-16-32-28(25)31)33-27(30)21-11-6-5-7-12-21/h5-8,10-14,17-18,23-24,26,30H,9,15-16H2,1-4H3,(H,31,32);5-8,10-14,17-18,23-24,26H,9,15-16H2,1-4H3/b2*13-10+,14-8-/t2*23?,24-,26+/m00/s1. The van der Waals surface area contributed by atoms with E-state index in [1.54, 1.807) is 93.6 Å². The summed E-state index contributed by atoms with van der Waals surface area (Å²) in [4.78, 5) is 50.3. The summed E-state index contributed by atoms with van der Waals surface area (Å²) < 4.78 is 42.0. The Morgan fingerprint density at radius 1 is 0.789 bits per heavy atom. The van der Waals surface area contributed by atoms with E-state index in [1.807, 2.05) is 95.3 Å². The smallest absolute Gasteiger partial charge is 0.339 e. The zero-order chi connectivity index (χ0) is 51.3. The number of esters is 3. The second-order valence-corrected chi connectivity index (χ2v) is 18.7. The predicted octanol–water partition coefficient (Wildman–Crippen LogP) is 10.7. The molecule has 2 saturated heterocycles. The lowest BCUT2D eigenvalue weighted by atomic mass is 9.97. The van der Waals surface area contributed by atoms with Crippen LogP contribution >= 0.6 is 0 Å². The van der Waals surface area contributed by atoms with Gasteiger partial charge in [-0.3, -0.25) is 0 Å². The fourth-order valence-electron chi connectivity index (χ4n) is 8.93. The van der Waals surface area contributed by atoms with Crippen LogP contribution in [0.5, 0.6) is 0 Å². The van der Waals surface area contributed by atoms with Crippen LogP contribution in [0.15, 0.2) is 121 Å². The molecule has 2 fully saturated rings. The number of benzene rings is 4. The quantitative estimate of drug-likeness (QED) is 0.0781. The van der Waals surface area contributed by atoms with Gasteiger partial charge < -0.3 is 43.4 Å². The maximum absolute atomic E-state index is 12.8. The van der Waals surface area contributed by atoms with Gasteiger partial charge in [-0.15, -0.1) is 0 Å². The van der Waals surface area contributed by atoms with Crippen molar-refractivity contribution in [3.8, 4) is 0 Å². The molecule has 0 radical (unpaired) electrons. The van der Waals surface area contributed by atoms with Crippen molar-refractivity contribution >= 4 is 36.0 Å². The van der Waals surface area contributed by atoms with E-state index >= 15 is 0 Å². The Labute approximate surface area is 416 Å². The molecule has 13 nitrogen and oxygen atoms in total. The van der Waals surface area contributed by atoms with E-state index < -0.39 is 60.0 Å². The third kappa shape index (κ3) is 15.0. The Balaban J connectivity index is 0.000000232. The SMILES string of the molecule is Cc1cc(C)c(C(=O)O)c(/C=C/C[C@@H]2OC(C)(C)O[C@@H]2C(/C=C\CCO)OC(=O)c2ccccc2)c1.Cc1cc(C)c2c(c1)/C=C/C[C@@H]1OC(C)(C)O[C@@H]1C(OC(=O)c1ccccc1)/C=C\CCOC2=O. The molecule has 0 aliphatic carbocycles. The van der Waals surface area contributed by atoms with Crippen molar-refractivity contribution in [1.82, 2.24) is 0 Å². The van der Waals surface area contributed by atoms with Crippen LogP contribution in [0.25, 0.3) is 12.2 Å². The minimum atomic E-state index is -0.978. The molecule has 6 atom stereocenters. The molecule has 3 aliphatic heterocycles. The van der Waals surface area contributed by atoms with Crippen molar-refractivity contribution in [2.24, 2.45) is 0 Å². The van der Waals surface area contributed by atoms with Gasteiger partial charge in [0.05, 0.1) is 41.1 Å². The molecule has 0 spiro atoms. The van der Waals surface area contributed by atoms with Crippen LogP contribution in [0.4, 0.5) is 0 Å². The molecule has 71 heavy (non-hydrogen) atoms. The van der Waals surface area contributed by atoms with Gasteiger partial charge in [-0.25, -0.2) is 19.2 Å². The third-order valence-corrected chi connectivity index (χ3v) is 11.8. The first-order valence-corrected chi connectivity index (χ1v) is 24.0. The lowest BCUT2D eigenvalue weighted by Crippen LogP contribution is -2.37. The summed E-state index contributed by atoms with van der Waals surface area (Å²) >= 11 is 0. The lowest BCUT2D eigenvalue weighted by molar-refractivity contribution is -0.153. The topological polar surface area (TPSA) is 173 Å². The molecule has 0 saturated carbocycles. The van der Waals surface area contributed by atoms with Crippen LogP contribution < -0.4 is 0 Å². The van der Waals surface area contributed by atoms with Crippen molar-refractivity contribution < 1.29 is 62.5 Å². The number of hydrogen-bond acceptors (Lipinski definition) is 12. The van der Waals surface area contributed by atoms with Gasteiger partial charge in [0, 0.05) is 6.61 Å². The summed E-state index contributed by atoms with van der Waals surface area (Å²) in [6.07, 6.45) is 13.1. The molecule has 0 amide bonds. The molecule has 0 bridgehead atoms. The molecule has 3 aliphatic rings. The highest BCUT2D eigenvalue weighted by Gasteiger charge is 2.46. The summed E-state index contributed by atoms with van der Waals surface area (Å²) in [6, 6.07) is 25.2. The molecule has 2 unspecified atom stereocenters. The van der Waals surface area contributed by atoms with Crippen molar-refractivity contribution in [2.45, 2.75) is 129 Å². The number of rotatable bonds is 12. The summed E-state index contributed by atoms with van der Waals surface area (Å²) in [5, 5.41) is 18.9. The maximum atomic E-state index is 12.8. The number of carboxylic acid groups (broad SMARTS) is 1. The average Bonchev–Trinajstić information content (AvgIpc) is 3.80. The van der Waals surface area contributed by atoms with E-state index in [0.717, 1.165) is 22.3 Å². The molecule has 4 aromatic carbocycles. The fourth-order valence-corrected chi connectivity index (χ4v) is 8.93. The lowest BCUT2D eigenvalue weighted by Gasteiger charge is -2.24. The molecule has 7 rings (SSSR count). The highest BCUT2D eigenvalue weighted by Crippen LogP contribution is 2.36. The predicted molar refractivity (Wildman–Crippen MR) is 270 cm³/mol. The number of aryl methyl sites for hydroxylation is 4. The normalized spacial score (nSPS) is 23.0. The van der Waals surface area contributed by atoms with Gasteiger partial charge in [-0.05, 0) is 140 Å². The number of carboxylic acids is 1. The Bertz CT molecular complexity index is 2610. The van der Waals surface area contributed by atoms with Crippen LogP contribution in [-0.2, 0) is 33.2 Å². The van der Waals surface area contributed by atoms with Crippen molar-refractivity contribution in [2.75, 3.05) is 13.2 Å². The number of carbonyl (C=O) groups excluding carboxylic acids is 3. The first-order valence-electron chi connectivity index (χ1n) is 24.0. The Hall–Kier alpha value is -6.48. The molecule has 0 aromatic heterocycles. The highest BCUT2D eigenvalue weighted by atomic mass is 16.8. The zero-order valence-corrected chi connectivity index (χ0v) is 41.8. The minimum Gasteiger partial charge on any atom is -0.478 e. The largest absolute Gasteiger partial charge is 0.478 e.